The first-order valence-electron chi connectivity index (χ1n) is 3.78. The van der Waals surface area contributed by atoms with Crippen LogP contribution in [0, 0.1) is 59.2 Å². The first-order chi connectivity index (χ1) is 6.24. The van der Waals surface area contributed by atoms with E-state index in [1.54, 1.807) is 7.05 Å². The Kier molecular flexibility index (Phi) is 11.7. The molecule has 1 aromatic heterocycles. The Hall–Kier alpha value is 0.588. The molecule has 1 amide bonds. The van der Waals surface area contributed by atoms with E-state index < -0.39 is 0 Å². The fourth-order valence-corrected chi connectivity index (χ4v) is 2.15. The van der Waals surface area contributed by atoms with Crippen molar-refractivity contribution in [1.29, 1.82) is 0 Å². The van der Waals surface area contributed by atoms with E-state index in [9.17, 15) is 4.79 Å². The van der Waals surface area contributed by atoms with Crippen LogP contribution in [0.25, 0.3) is 0 Å². The summed E-state index contributed by atoms with van der Waals surface area (Å²) in [5, 5.41) is 10.0. The van der Waals surface area contributed by atoms with Crippen LogP contribution >= 0.6 is 23.1 Å². The second kappa shape index (κ2) is 9.79. The molecule has 0 radical (unpaired) electrons. The van der Waals surface area contributed by atoms with Crippen LogP contribution in [0.15, 0.2) is 4.34 Å². The van der Waals surface area contributed by atoms with Gasteiger partial charge < -0.3 is 16.7 Å². The van der Waals surface area contributed by atoms with Gasteiger partial charge in [0.15, 0.2) is 0 Å². The van der Waals surface area contributed by atoms with Gasteiger partial charge in [0.25, 0.3) is 0 Å². The maximum Gasteiger partial charge on any atom is 0.223 e. The Labute approximate surface area is 131 Å². The molecule has 7 heteroatoms. The van der Waals surface area contributed by atoms with Gasteiger partial charge in [-0.3, -0.25) is 15.0 Å². The van der Waals surface area contributed by atoms with Crippen molar-refractivity contribution >= 4 is 29.0 Å². The van der Waals surface area contributed by atoms with E-state index in [0.29, 0.717) is 0 Å². The Bertz CT molecular complexity index is 269. The van der Waals surface area contributed by atoms with Gasteiger partial charge in [0.1, 0.15) is 0 Å². The predicted molar refractivity (Wildman–Crippen MR) is 59.1 cm³/mol. The van der Waals surface area contributed by atoms with Crippen molar-refractivity contribution in [2.45, 2.75) is 11.3 Å². The fourth-order valence-electron chi connectivity index (χ4n) is 0.718. The summed E-state index contributed by atoms with van der Waals surface area (Å²) in [5.41, 5.74) is 2.66. The molecule has 84 valence electrons. The van der Waals surface area contributed by atoms with Crippen LogP contribution < -0.4 is 5.32 Å². The molecule has 0 saturated carbocycles. The molecule has 0 aromatic carbocycles. The van der Waals surface area contributed by atoms with E-state index >= 15 is 0 Å². The van der Waals surface area contributed by atoms with Crippen LogP contribution in [0.1, 0.15) is 6.92 Å². The summed E-state index contributed by atoms with van der Waals surface area (Å²) in [7, 11) is 1.64. The molecule has 0 saturated heterocycles. The van der Waals surface area contributed by atoms with E-state index in [1.807, 2.05) is 6.92 Å². The molecule has 0 spiro atoms. The molecule has 1 unspecified atom stereocenters. The summed E-state index contributed by atoms with van der Waals surface area (Å²) >= 11 is 2.90. The van der Waals surface area contributed by atoms with Crippen LogP contribution in [0.4, 0.5) is 0 Å². The third-order valence-electron chi connectivity index (χ3n) is 1.46. The van der Waals surface area contributed by atoms with E-state index in [4.69, 9.17) is 0 Å². The average Bonchev–Trinajstić information content (AvgIpc) is 2.65. The molecule has 0 bridgehead atoms. The molecule has 4 nitrogen and oxygen atoms in total. The van der Waals surface area contributed by atoms with Gasteiger partial charge >= 0.3 is 0 Å². The maximum atomic E-state index is 11.1. The Morgan fingerprint density at radius 2 is 2.40 bits per heavy atom. The van der Waals surface area contributed by atoms with Gasteiger partial charge in [0.05, 0.1) is 0 Å². The molecule has 1 N–H and O–H groups in total. The molecule has 1 rings (SSSR count). The summed E-state index contributed by atoms with van der Waals surface area (Å²) in [6.07, 6.45) is 0. The van der Waals surface area contributed by atoms with Crippen LogP contribution in [0.2, 0.25) is 0 Å². The molecule has 0 aliphatic heterocycles. The van der Waals surface area contributed by atoms with Crippen molar-refractivity contribution in [3.8, 4) is 0 Å². The van der Waals surface area contributed by atoms with Crippen molar-refractivity contribution < 1.29 is 45.2 Å². The van der Waals surface area contributed by atoms with E-state index in [2.05, 4.69) is 21.0 Å². The standard InChI is InChI=1S/C7H10N3OS2.CH3.Sm/c1-5(6(11)8-2)3-12-7-10-9-4-13-7;;/h5H,3H2,1-2H3,(H,8,11);1H3;/q-1;+1;. The normalized spacial score (nSPS) is 10.8. The second-order valence-corrected chi connectivity index (χ2v) is 4.53. The largest absolute Gasteiger partial charge is 0.359 e. The minimum absolute atomic E-state index is 0. The van der Waals surface area contributed by atoms with Gasteiger partial charge in [-0.05, 0) is 5.75 Å². The van der Waals surface area contributed by atoms with Gasteiger partial charge in [-0.15, -0.1) is 0 Å². The molecular formula is C8H13N3OS2Sm. The number of carbonyl (C=O) groups is 1. The summed E-state index contributed by atoms with van der Waals surface area (Å²) in [6.45, 7) is 1.89. The number of amides is 1. The minimum Gasteiger partial charge on any atom is -0.359 e. The number of hydrogen-bond acceptors (Lipinski definition) is 5. The quantitative estimate of drug-likeness (QED) is 0.630. The minimum atomic E-state index is -0.00102. The maximum absolute atomic E-state index is 11.1. The number of carbonyl (C=O) groups excluding carboxylic acids is 1. The summed E-state index contributed by atoms with van der Waals surface area (Å²) < 4.78 is 0.857. The van der Waals surface area contributed by atoms with Gasteiger partial charge in [-0.25, -0.2) is 0 Å². The van der Waals surface area contributed by atoms with E-state index in [1.165, 1.54) is 23.1 Å². The predicted octanol–water partition coefficient (Wildman–Crippen LogP) is 1.26. The average molecular weight is 382 g/mol. The summed E-state index contributed by atoms with van der Waals surface area (Å²) in [5.74, 6) is 0.780. The van der Waals surface area contributed by atoms with Gasteiger partial charge in [-0.1, -0.05) is 12.4 Å². The van der Waals surface area contributed by atoms with Crippen LogP contribution in [-0.4, -0.2) is 28.9 Å². The van der Waals surface area contributed by atoms with E-state index in [0.717, 1.165) is 10.1 Å². The third kappa shape index (κ3) is 6.69. The van der Waals surface area contributed by atoms with Crippen molar-refractivity contribution in [1.82, 2.24) is 15.5 Å². The van der Waals surface area contributed by atoms with Gasteiger partial charge in [0.2, 0.25) is 5.91 Å². The molecule has 0 aliphatic rings. The zero-order valence-electron chi connectivity index (χ0n) is 8.81. The molecule has 15 heavy (non-hydrogen) atoms. The number of rotatable bonds is 4. The van der Waals surface area contributed by atoms with Crippen molar-refractivity contribution in [2.75, 3.05) is 12.8 Å². The number of nitrogens with one attached hydrogen (secondary N) is 1. The summed E-state index contributed by atoms with van der Waals surface area (Å²) in [4.78, 5) is 11.1. The SMILES string of the molecule is CNC(=O)C(C)CSc1nn[c-]s1.[CH3+].[Sm]. The van der Waals surface area contributed by atoms with Crippen LogP contribution in [-0.2, 0) is 4.79 Å². The Morgan fingerprint density at radius 1 is 1.73 bits per heavy atom. The molecular weight excluding hydrogens is 369 g/mol. The Balaban J connectivity index is 0. The zero-order chi connectivity index (χ0) is 9.68. The van der Waals surface area contributed by atoms with Crippen LogP contribution in [0.5, 0.6) is 0 Å². The number of nitrogens with zero attached hydrogens (tertiary/aromatic N) is 2. The van der Waals surface area contributed by atoms with Crippen molar-refractivity contribution in [2.24, 2.45) is 5.92 Å². The zero-order valence-corrected chi connectivity index (χ0v) is 13.1. The fraction of sp³-hybridized carbons (Fsp3) is 0.500. The number of thioether (sulfide) groups is 1. The van der Waals surface area contributed by atoms with Gasteiger partial charge in [-0.2, -0.15) is 11.8 Å². The van der Waals surface area contributed by atoms with Crippen LogP contribution in [0.3, 0.4) is 0 Å². The first-order valence-corrected chi connectivity index (χ1v) is 5.58. The molecule has 0 fully saturated rings. The number of aromatic nitrogens is 2. The molecule has 1 heterocycles. The summed E-state index contributed by atoms with van der Waals surface area (Å²) in [6, 6.07) is 0. The third-order valence-corrected chi connectivity index (χ3v) is 3.48. The van der Waals surface area contributed by atoms with Crippen molar-refractivity contribution in [3.05, 3.63) is 12.9 Å². The smallest absolute Gasteiger partial charge is 0.223 e. The molecule has 1 aromatic rings. The monoisotopic (exact) mass is 383 g/mol. The van der Waals surface area contributed by atoms with E-state index in [-0.39, 0.29) is 59.6 Å². The topological polar surface area (TPSA) is 54.9 Å². The molecule has 0 aliphatic carbocycles. The molecule has 1 atom stereocenters. The van der Waals surface area contributed by atoms with Gasteiger partial charge in [0, 0.05) is 65.1 Å². The van der Waals surface area contributed by atoms with Crippen molar-refractivity contribution in [3.63, 3.8) is 0 Å². The Morgan fingerprint density at radius 3 is 2.87 bits per heavy atom. The second-order valence-electron chi connectivity index (χ2n) is 2.49. The first kappa shape index (κ1) is 18.0. The number of hydrogen-bond donors (Lipinski definition) is 1.